The van der Waals surface area contributed by atoms with Crippen LogP contribution in [0.2, 0.25) is 0 Å². The summed E-state index contributed by atoms with van der Waals surface area (Å²) < 4.78 is 13.1. The van der Waals surface area contributed by atoms with E-state index in [0.29, 0.717) is 33.8 Å². The lowest BCUT2D eigenvalue weighted by molar-refractivity contribution is 0.0697. The second-order valence-electron chi connectivity index (χ2n) is 9.35. The van der Waals surface area contributed by atoms with E-state index in [9.17, 15) is 9.59 Å². The fraction of sp³-hybridized carbons (Fsp3) is 0.267. The van der Waals surface area contributed by atoms with Gasteiger partial charge in [-0.3, -0.25) is 4.79 Å². The van der Waals surface area contributed by atoms with Crippen molar-refractivity contribution in [3.05, 3.63) is 99.6 Å². The molecule has 1 fully saturated rings. The van der Waals surface area contributed by atoms with Crippen molar-refractivity contribution in [1.82, 2.24) is 9.66 Å². The molecule has 0 bridgehead atoms. The number of fused-ring (bicyclic) bond motifs is 1. The number of nitrogens with zero attached hydrogens (tertiary/aromatic N) is 3. The highest BCUT2D eigenvalue weighted by Gasteiger charge is 2.22. The van der Waals surface area contributed by atoms with Gasteiger partial charge >= 0.3 is 5.97 Å². The molecule has 0 atom stereocenters. The summed E-state index contributed by atoms with van der Waals surface area (Å²) in [6.07, 6.45) is 6.98. The van der Waals surface area contributed by atoms with Gasteiger partial charge in [0.25, 0.3) is 5.56 Å². The van der Waals surface area contributed by atoms with Crippen LogP contribution < -0.4 is 15.0 Å². The molecular weight excluding hydrogens is 482 g/mol. The van der Waals surface area contributed by atoms with Gasteiger partial charge in [0.2, 0.25) is 0 Å². The Kier molecular flexibility index (Phi) is 7.49. The van der Waals surface area contributed by atoms with Crippen LogP contribution in [-0.4, -0.2) is 34.1 Å². The van der Waals surface area contributed by atoms with Gasteiger partial charge in [0.15, 0.2) is 11.5 Å². The molecule has 3 aromatic carbocycles. The standard InChI is InChI=1S/C30H29N3O5/c1-37-26-13-7-10-23(27(26)38-19-20-14-16-22(17-15-20)30(35)36)18-31-33-28(21-8-3-2-4-9-21)32-25-12-6-5-11-24(25)29(33)34/h5-7,10-18,21H,2-4,8-9,19H2,1H3,(H,35,36). The molecule has 8 heteroatoms. The zero-order chi connectivity index (χ0) is 26.5. The molecule has 0 aliphatic heterocycles. The van der Waals surface area contributed by atoms with Gasteiger partial charge in [-0.1, -0.05) is 49.6 Å². The number of methoxy groups -OCH3 is 1. The van der Waals surface area contributed by atoms with E-state index in [1.807, 2.05) is 30.3 Å². The van der Waals surface area contributed by atoms with Crippen LogP contribution >= 0.6 is 0 Å². The summed E-state index contributed by atoms with van der Waals surface area (Å²) in [6, 6.07) is 19.3. The number of para-hydroxylation sites is 2. The number of aromatic nitrogens is 2. The monoisotopic (exact) mass is 511 g/mol. The number of hydrogen-bond acceptors (Lipinski definition) is 6. The molecule has 4 aromatic rings. The average Bonchev–Trinajstić information content (AvgIpc) is 2.96. The minimum atomic E-state index is -0.980. The van der Waals surface area contributed by atoms with E-state index in [2.05, 4.69) is 5.10 Å². The van der Waals surface area contributed by atoms with Gasteiger partial charge in [-0.15, -0.1) is 0 Å². The molecule has 1 heterocycles. The van der Waals surface area contributed by atoms with Crippen molar-refractivity contribution in [2.45, 2.75) is 44.6 Å². The quantitative estimate of drug-likeness (QED) is 0.308. The third-order valence-corrected chi connectivity index (χ3v) is 6.87. The van der Waals surface area contributed by atoms with E-state index >= 15 is 0 Å². The van der Waals surface area contributed by atoms with Crippen LogP contribution in [0.5, 0.6) is 11.5 Å². The summed E-state index contributed by atoms with van der Waals surface area (Å²) >= 11 is 0. The fourth-order valence-corrected chi connectivity index (χ4v) is 4.85. The first-order chi connectivity index (χ1) is 18.5. The van der Waals surface area contributed by atoms with E-state index in [0.717, 1.165) is 31.2 Å². The molecule has 1 saturated carbocycles. The van der Waals surface area contributed by atoms with Crippen molar-refractivity contribution in [2.24, 2.45) is 5.10 Å². The van der Waals surface area contributed by atoms with E-state index < -0.39 is 5.97 Å². The number of carboxylic acids is 1. The fourth-order valence-electron chi connectivity index (χ4n) is 4.85. The summed E-state index contributed by atoms with van der Waals surface area (Å²) in [6.45, 7) is 0.200. The number of carbonyl (C=O) groups is 1. The number of carboxylic acid groups (broad SMARTS) is 1. The topological polar surface area (TPSA) is 103 Å². The van der Waals surface area contributed by atoms with Crippen molar-refractivity contribution >= 4 is 23.1 Å². The van der Waals surface area contributed by atoms with Crippen LogP contribution in [0.15, 0.2) is 76.6 Å². The molecule has 0 unspecified atom stereocenters. The molecule has 1 aromatic heterocycles. The maximum absolute atomic E-state index is 13.5. The molecule has 0 saturated heterocycles. The van der Waals surface area contributed by atoms with Crippen molar-refractivity contribution < 1.29 is 19.4 Å². The SMILES string of the molecule is COc1cccc(C=Nn2c(C3CCCCC3)nc3ccccc3c2=O)c1OCc1ccc(C(=O)O)cc1. The van der Waals surface area contributed by atoms with Gasteiger partial charge in [0.1, 0.15) is 12.4 Å². The zero-order valence-corrected chi connectivity index (χ0v) is 21.2. The van der Waals surface area contributed by atoms with Gasteiger partial charge < -0.3 is 14.6 Å². The van der Waals surface area contributed by atoms with E-state index in [-0.39, 0.29) is 23.6 Å². The van der Waals surface area contributed by atoms with Crippen LogP contribution in [0.4, 0.5) is 0 Å². The summed E-state index contributed by atoms with van der Waals surface area (Å²) in [5.41, 5.74) is 2.14. The van der Waals surface area contributed by atoms with E-state index in [4.69, 9.17) is 19.6 Å². The van der Waals surface area contributed by atoms with Crippen molar-refractivity contribution in [3.63, 3.8) is 0 Å². The Balaban J connectivity index is 1.50. The highest BCUT2D eigenvalue weighted by molar-refractivity contribution is 5.87. The minimum absolute atomic E-state index is 0.174. The first-order valence-electron chi connectivity index (χ1n) is 12.7. The minimum Gasteiger partial charge on any atom is -0.493 e. The van der Waals surface area contributed by atoms with Crippen LogP contribution in [-0.2, 0) is 6.61 Å². The second-order valence-corrected chi connectivity index (χ2v) is 9.35. The zero-order valence-electron chi connectivity index (χ0n) is 21.2. The number of benzene rings is 3. The third-order valence-electron chi connectivity index (χ3n) is 6.87. The van der Waals surface area contributed by atoms with Gasteiger partial charge in [-0.2, -0.15) is 9.78 Å². The number of aromatic carboxylic acids is 1. The molecule has 8 nitrogen and oxygen atoms in total. The van der Waals surface area contributed by atoms with Crippen LogP contribution in [0.25, 0.3) is 10.9 Å². The lowest BCUT2D eigenvalue weighted by atomic mass is 9.88. The molecule has 38 heavy (non-hydrogen) atoms. The average molecular weight is 512 g/mol. The van der Waals surface area contributed by atoms with Gasteiger partial charge in [-0.05, 0) is 54.8 Å². The predicted molar refractivity (Wildman–Crippen MR) is 146 cm³/mol. The van der Waals surface area contributed by atoms with Gasteiger partial charge in [0, 0.05) is 11.5 Å². The Morgan fingerprint density at radius 3 is 2.55 bits per heavy atom. The Morgan fingerprint density at radius 1 is 1.05 bits per heavy atom. The Hall–Kier alpha value is -4.46. The number of rotatable bonds is 8. The first-order valence-corrected chi connectivity index (χ1v) is 12.7. The Labute approximate surface area is 220 Å². The van der Waals surface area contributed by atoms with Crippen LogP contribution in [0.3, 0.4) is 0 Å². The highest BCUT2D eigenvalue weighted by atomic mass is 16.5. The van der Waals surface area contributed by atoms with Crippen LogP contribution in [0, 0.1) is 0 Å². The molecule has 1 N–H and O–H groups in total. The highest BCUT2D eigenvalue weighted by Crippen LogP contribution is 2.33. The maximum Gasteiger partial charge on any atom is 0.335 e. The molecule has 1 aliphatic carbocycles. The first kappa shape index (κ1) is 25.2. The molecule has 1 aliphatic rings. The summed E-state index contributed by atoms with van der Waals surface area (Å²) in [7, 11) is 1.56. The normalized spacial score (nSPS) is 14.1. The third kappa shape index (κ3) is 5.29. The van der Waals surface area contributed by atoms with Crippen molar-refractivity contribution in [1.29, 1.82) is 0 Å². The number of ether oxygens (including phenoxy) is 2. The van der Waals surface area contributed by atoms with E-state index in [1.165, 1.54) is 23.2 Å². The van der Waals surface area contributed by atoms with E-state index in [1.54, 1.807) is 37.6 Å². The Bertz CT molecular complexity index is 1540. The molecule has 0 amide bonds. The summed E-state index contributed by atoms with van der Waals surface area (Å²) in [4.78, 5) is 29.5. The molecule has 5 rings (SSSR count). The largest absolute Gasteiger partial charge is 0.493 e. The van der Waals surface area contributed by atoms with Gasteiger partial charge in [0.05, 0.1) is 29.8 Å². The second kappa shape index (κ2) is 11.3. The molecule has 0 radical (unpaired) electrons. The lowest BCUT2D eigenvalue weighted by Gasteiger charge is -2.22. The Morgan fingerprint density at radius 2 is 1.82 bits per heavy atom. The molecule has 194 valence electrons. The van der Waals surface area contributed by atoms with Crippen molar-refractivity contribution in [3.8, 4) is 11.5 Å². The van der Waals surface area contributed by atoms with Gasteiger partial charge in [-0.25, -0.2) is 9.78 Å². The lowest BCUT2D eigenvalue weighted by Crippen LogP contribution is -2.25. The maximum atomic E-state index is 13.5. The summed E-state index contributed by atoms with van der Waals surface area (Å²) in [5.74, 6) is 0.878. The molecular formula is C30H29N3O5. The predicted octanol–water partition coefficient (Wildman–Crippen LogP) is 5.61. The smallest absolute Gasteiger partial charge is 0.335 e. The van der Waals surface area contributed by atoms with Crippen LogP contribution in [0.1, 0.15) is 65.3 Å². The molecule has 0 spiro atoms. The van der Waals surface area contributed by atoms with Crippen molar-refractivity contribution in [2.75, 3.05) is 7.11 Å². The summed E-state index contributed by atoms with van der Waals surface area (Å²) in [5, 5.41) is 14.3. The number of hydrogen-bond donors (Lipinski definition) is 1.